The first kappa shape index (κ1) is 11.1. The summed E-state index contributed by atoms with van der Waals surface area (Å²) in [5, 5.41) is 2.93. The molecule has 0 saturated carbocycles. The first-order valence-electron chi connectivity index (χ1n) is 4.80. The molecule has 0 fully saturated rings. The average Bonchev–Trinajstić information content (AvgIpc) is 2.25. The molecule has 0 aliphatic carbocycles. The Bertz CT molecular complexity index is 514. The van der Waals surface area contributed by atoms with E-state index in [4.69, 9.17) is 0 Å². The van der Waals surface area contributed by atoms with Crippen molar-refractivity contribution in [1.82, 2.24) is 4.98 Å². The van der Waals surface area contributed by atoms with Gasteiger partial charge in [-0.25, -0.2) is 9.37 Å². The van der Waals surface area contributed by atoms with Gasteiger partial charge in [0.2, 0.25) is 0 Å². The summed E-state index contributed by atoms with van der Waals surface area (Å²) in [5.41, 5.74) is 1.46. The highest BCUT2D eigenvalue weighted by Gasteiger charge is 2.05. The van der Waals surface area contributed by atoms with Crippen molar-refractivity contribution in [3.8, 4) is 0 Å². The molecular weight excluding hydrogens is 271 g/mol. The van der Waals surface area contributed by atoms with Gasteiger partial charge in [-0.2, -0.15) is 0 Å². The fraction of sp³-hybridized carbons (Fsp3) is 0.0833. The van der Waals surface area contributed by atoms with Crippen LogP contribution in [-0.2, 0) is 0 Å². The van der Waals surface area contributed by atoms with Gasteiger partial charge in [-0.3, -0.25) is 0 Å². The van der Waals surface area contributed by atoms with Gasteiger partial charge in [-0.05, 0) is 46.6 Å². The summed E-state index contributed by atoms with van der Waals surface area (Å²) in [6.45, 7) is 1.95. The molecule has 0 atom stereocenters. The van der Waals surface area contributed by atoms with Crippen molar-refractivity contribution >= 4 is 27.4 Å². The Morgan fingerprint density at radius 2 is 2.06 bits per heavy atom. The van der Waals surface area contributed by atoms with Crippen molar-refractivity contribution in [3.63, 3.8) is 0 Å². The molecule has 1 aromatic heterocycles. The molecule has 4 heteroatoms. The first-order chi connectivity index (χ1) is 7.66. The van der Waals surface area contributed by atoms with Crippen LogP contribution in [0.15, 0.2) is 41.0 Å². The van der Waals surface area contributed by atoms with E-state index in [1.54, 1.807) is 24.4 Å². The highest BCUT2D eigenvalue weighted by atomic mass is 79.9. The smallest absolute Gasteiger partial charge is 0.146 e. The lowest BCUT2D eigenvalue weighted by Gasteiger charge is -2.08. The van der Waals surface area contributed by atoms with E-state index in [0.717, 1.165) is 10.0 Å². The number of nitrogens with zero attached hydrogens (tertiary/aromatic N) is 1. The Kier molecular flexibility index (Phi) is 3.19. The van der Waals surface area contributed by atoms with E-state index in [9.17, 15) is 4.39 Å². The number of pyridine rings is 1. The molecule has 16 heavy (non-hydrogen) atoms. The maximum atomic E-state index is 13.4. The van der Waals surface area contributed by atoms with Crippen LogP contribution in [0.4, 0.5) is 15.9 Å². The molecule has 82 valence electrons. The normalized spacial score (nSPS) is 10.2. The summed E-state index contributed by atoms with van der Waals surface area (Å²) in [4.78, 5) is 4.19. The number of hydrogen-bond acceptors (Lipinski definition) is 2. The van der Waals surface area contributed by atoms with Crippen molar-refractivity contribution in [2.24, 2.45) is 0 Å². The van der Waals surface area contributed by atoms with Crippen molar-refractivity contribution in [3.05, 3.63) is 52.4 Å². The molecule has 0 spiro atoms. The van der Waals surface area contributed by atoms with Gasteiger partial charge in [0.25, 0.3) is 0 Å². The number of para-hydroxylation sites is 1. The predicted octanol–water partition coefficient (Wildman–Crippen LogP) is 4.04. The molecule has 0 saturated heterocycles. The summed E-state index contributed by atoms with van der Waals surface area (Å²) in [6.07, 6.45) is 1.73. The maximum absolute atomic E-state index is 13.4. The number of aryl methyl sites for hydroxylation is 1. The van der Waals surface area contributed by atoms with E-state index in [1.165, 1.54) is 6.07 Å². The summed E-state index contributed by atoms with van der Waals surface area (Å²) < 4.78 is 14.2. The quantitative estimate of drug-likeness (QED) is 0.898. The Morgan fingerprint density at radius 1 is 1.31 bits per heavy atom. The average molecular weight is 281 g/mol. The van der Waals surface area contributed by atoms with Crippen molar-refractivity contribution in [2.45, 2.75) is 6.92 Å². The summed E-state index contributed by atoms with van der Waals surface area (Å²) in [7, 11) is 0. The van der Waals surface area contributed by atoms with E-state index < -0.39 is 0 Å². The summed E-state index contributed by atoms with van der Waals surface area (Å²) in [5.74, 6) is 0.312. The van der Waals surface area contributed by atoms with Crippen molar-refractivity contribution < 1.29 is 4.39 Å². The second-order valence-electron chi connectivity index (χ2n) is 3.45. The topological polar surface area (TPSA) is 24.9 Å². The maximum Gasteiger partial charge on any atom is 0.146 e. The first-order valence-corrected chi connectivity index (χ1v) is 5.60. The zero-order valence-electron chi connectivity index (χ0n) is 8.67. The minimum absolute atomic E-state index is 0.295. The number of benzene rings is 1. The third kappa shape index (κ3) is 2.39. The molecule has 0 aliphatic heterocycles. The third-order valence-corrected chi connectivity index (χ3v) is 2.71. The Morgan fingerprint density at radius 3 is 2.75 bits per heavy atom. The number of anilines is 2. The van der Waals surface area contributed by atoms with Crippen molar-refractivity contribution in [2.75, 3.05) is 5.32 Å². The minimum Gasteiger partial charge on any atom is -0.337 e. The van der Waals surface area contributed by atoms with Gasteiger partial charge >= 0.3 is 0 Å². The van der Waals surface area contributed by atoms with Crippen LogP contribution < -0.4 is 5.32 Å². The van der Waals surface area contributed by atoms with Crippen LogP contribution in [0.25, 0.3) is 0 Å². The lowest BCUT2D eigenvalue weighted by molar-refractivity contribution is 0.632. The predicted molar refractivity (Wildman–Crippen MR) is 66.4 cm³/mol. The van der Waals surface area contributed by atoms with Crippen LogP contribution >= 0.6 is 15.9 Å². The molecule has 1 aromatic carbocycles. The van der Waals surface area contributed by atoms with E-state index in [0.29, 0.717) is 11.5 Å². The summed E-state index contributed by atoms with van der Waals surface area (Å²) in [6, 6.07) is 8.43. The van der Waals surface area contributed by atoms with Crippen LogP contribution in [0, 0.1) is 12.7 Å². The highest BCUT2D eigenvalue weighted by Crippen LogP contribution is 2.25. The van der Waals surface area contributed by atoms with Crippen molar-refractivity contribution in [1.29, 1.82) is 0 Å². The highest BCUT2D eigenvalue weighted by molar-refractivity contribution is 9.10. The Balaban J connectivity index is 2.31. The van der Waals surface area contributed by atoms with Gasteiger partial charge < -0.3 is 5.32 Å². The lowest BCUT2D eigenvalue weighted by atomic mass is 10.3. The molecule has 1 N–H and O–H groups in total. The van der Waals surface area contributed by atoms with Gasteiger partial charge in [0.1, 0.15) is 11.6 Å². The van der Waals surface area contributed by atoms with Crippen LogP contribution in [-0.4, -0.2) is 4.98 Å². The zero-order chi connectivity index (χ0) is 11.5. The zero-order valence-corrected chi connectivity index (χ0v) is 10.3. The second kappa shape index (κ2) is 4.61. The minimum atomic E-state index is -0.295. The molecule has 2 nitrogen and oxygen atoms in total. The largest absolute Gasteiger partial charge is 0.337 e. The molecular formula is C12H10BrFN2. The van der Waals surface area contributed by atoms with Gasteiger partial charge in [0, 0.05) is 6.20 Å². The fourth-order valence-corrected chi connectivity index (χ4v) is 1.88. The van der Waals surface area contributed by atoms with E-state index in [-0.39, 0.29) is 5.82 Å². The number of rotatable bonds is 2. The van der Waals surface area contributed by atoms with Crippen LogP contribution in [0.3, 0.4) is 0 Å². The summed E-state index contributed by atoms with van der Waals surface area (Å²) >= 11 is 3.38. The van der Waals surface area contributed by atoms with E-state index in [2.05, 4.69) is 26.2 Å². The molecule has 2 rings (SSSR count). The van der Waals surface area contributed by atoms with Gasteiger partial charge in [0.05, 0.1) is 10.2 Å². The van der Waals surface area contributed by atoms with Gasteiger partial charge in [-0.15, -0.1) is 0 Å². The van der Waals surface area contributed by atoms with Crippen LogP contribution in [0.5, 0.6) is 0 Å². The Labute approximate surface area is 102 Å². The third-order valence-electron chi connectivity index (χ3n) is 2.10. The molecule has 0 aliphatic rings. The van der Waals surface area contributed by atoms with E-state index >= 15 is 0 Å². The molecule has 0 bridgehead atoms. The molecule has 0 amide bonds. The van der Waals surface area contributed by atoms with Crippen LogP contribution in [0.2, 0.25) is 0 Å². The van der Waals surface area contributed by atoms with Gasteiger partial charge in [-0.1, -0.05) is 12.1 Å². The lowest BCUT2D eigenvalue weighted by Crippen LogP contribution is -1.97. The Hall–Kier alpha value is -1.42. The van der Waals surface area contributed by atoms with Gasteiger partial charge in [0.15, 0.2) is 0 Å². The number of nitrogens with one attached hydrogen (secondary N) is 1. The van der Waals surface area contributed by atoms with Crippen LogP contribution in [0.1, 0.15) is 5.56 Å². The SMILES string of the molecule is Cc1cnc(Nc2ccccc2F)c(Br)c1. The standard InChI is InChI=1S/C12H10BrFN2/c1-8-6-9(13)12(15-7-8)16-11-5-3-2-4-10(11)14/h2-7H,1H3,(H,15,16). The number of halogens is 2. The second-order valence-corrected chi connectivity index (χ2v) is 4.30. The number of hydrogen-bond donors (Lipinski definition) is 1. The molecule has 2 aromatic rings. The molecule has 0 unspecified atom stereocenters. The fourth-order valence-electron chi connectivity index (χ4n) is 1.32. The number of aromatic nitrogens is 1. The molecule has 1 heterocycles. The molecule has 0 radical (unpaired) electrons. The van der Waals surface area contributed by atoms with E-state index in [1.807, 2.05) is 13.0 Å². The monoisotopic (exact) mass is 280 g/mol.